The van der Waals surface area contributed by atoms with Crippen molar-refractivity contribution in [1.82, 2.24) is 20.7 Å². The molecular weight excluding hydrogens is 674 g/mol. The molecule has 3 heterocycles. The van der Waals surface area contributed by atoms with Gasteiger partial charge in [-0.05, 0) is 68.1 Å². The maximum atomic E-state index is 14.5. The third-order valence-electron chi connectivity index (χ3n) is 9.66. The second kappa shape index (κ2) is 15.0. The van der Waals surface area contributed by atoms with Crippen LogP contribution in [-0.4, -0.2) is 65.0 Å². The van der Waals surface area contributed by atoms with Gasteiger partial charge in [-0.3, -0.25) is 14.4 Å². The summed E-state index contributed by atoms with van der Waals surface area (Å²) in [5, 5.41) is 6.76. The Morgan fingerprint density at radius 3 is 2.73 bits per heavy atom. The molecule has 3 N–H and O–H groups in total. The van der Waals surface area contributed by atoms with Crippen molar-refractivity contribution in [2.24, 2.45) is 5.92 Å². The molecule has 0 spiro atoms. The van der Waals surface area contributed by atoms with Crippen molar-refractivity contribution in [3.8, 4) is 16.7 Å². The van der Waals surface area contributed by atoms with Crippen LogP contribution in [0.2, 0.25) is 0 Å². The largest absolute Gasteiger partial charge is 0.497 e. The molecule has 1 saturated carbocycles. The number of carbonyl (C=O) groups excluding carboxylic acids is 3. The number of halogens is 1. The van der Waals surface area contributed by atoms with E-state index < -0.39 is 35.5 Å². The van der Waals surface area contributed by atoms with Crippen LogP contribution in [0.4, 0.5) is 10.1 Å². The number of hydrogen-bond donors (Lipinski definition) is 3. The third kappa shape index (κ3) is 7.78. The van der Waals surface area contributed by atoms with Crippen LogP contribution in [0.25, 0.3) is 10.2 Å². The number of carbonyl (C=O) groups is 3. The summed E-state index contributed by atoms with van der Waals surface area (Å²) in [6, 6.07) is 19.0. The van der Waals surface area contributed by atoms with Gasteiger partial charge in [-0.2, -0.15) is 5.48 Å². The molecule has 1 aliphatic carbocycles. The Balaban J connectivity index is 1.17. The SMILES string of the molecule is COc1cccc(N[C@H]2CCCCC/C=C\[C@H]3C[C@@]3(C(=O)NOc3ccccc3)NC(=O)[C@@H]3C[C@@H](Oc4nc5ccc(F)cc5s4)CN3C2=O)c1. The molecule has 13 heteroatoms. The first kappa shape index (κ1) is 34.3. The summed E-state index contributed by atoms with van der Waals surface area (Å²) in [6.07, 6.45) is 8.02. The third-order valence-corrected chi connectivity index (χ3v) is 10.6. The summed E-state index contributed by atoms with van der Waals surface area (Å²) in [5.74, 6) is -0.684. The minimum Gasteiger partial charge on any atom is -0.497 e. The standard InChI is InChI=1S/C38H40FN5O6S/c1-48-28-15-10-12-26(20-28)40-31-16-9-4-2-3-6-11-24-22-38(24,36(47)43-50-27-13-7-5-8-14-27)42-34(45)32-21-29(23-44(32)35(31)46)49-37-41-30-18-17-25(39)19-33(30)51-37/h5-8,10-15,17-20,24,29,31-32,40H,2-4,9,16,21-23H2,1H3,(H,42,45)(H,43,47)/b11-6-/t24-,29+,31-,32-,38+/m0/s1. The van der Waals surface area contributed by atoms with Gasteiger partial charge in [-0.1, -0.05) is 60.6 Å². The second-order valence-corrected chi connectivity index (χ2v) is 14.2. The van der Waals surface area contributed by atoms with E-state index in [9.17, 15) is 18.8 Å². The summed E-state index contributed by atoms with van der Waals surface area (Å²) >= 11 is 1.20. The number of ether oxygens (including phenoxy) is 2. The van der Waals surface area contributed by atoms with Crippen molar-refractivity contribution >= 4 is 45.0 Å². The molecular formula is C38H40FN5O6S. The Morgan fingerprint density at radius 1 is 1.04 bits per heavy atom. The van der Waals surface area contributed by atoms with E-state index in [2.05, 4.69) is 27.2 Å². The summed E-state index contributed by atoms with van der Waals surface area (Å²) in [7, 11) is 1.59. The molecule has 3 aliphatic rings. The number of thiazole rings is 1. The first-order chi connectivity index (χ1) is 24.8. The summed E-state index contributed by atoms with van der Waals surface area (Å²) in [4.78, 5) is 54.2. The van der Waals surface area contributed by atoms with Gasteiger partial charge in [0.05, 0.1) is 23.9 Å². The quantitative estimate of drug-likeness (QED) is 0.155. The molecule has 1 aromatic heterocycles. The van der Waals surface area contributed by atoms with Gasteiger partial charge in [-0.15, -0.1) is 0 Å². The molecule has 7 rings (SSSR count). The van der Waals surface area contributed by atoms with Crippen molar-refractivity contribution in [3.05, 3.63) is 90.8 Å². The van der Waals surface area contributed by atoms with E-state index in [-0.39, 0.29) is 30.6 Å². The fraction of sp³-hybridized carbons (Fsp3) is 0.368. The Kier molecular flexibility index (Phi) is 10.1. The fourth-order valence-electron chi connectivity index (χ4n) is 6.83. The topological polar surface area (TPSA) is 131 Å². The van der Waals surface area contributed by atoms with Gasteiger partial charge in [0.2, 0.25) is 11.8 Å². The lowest BCUT2D eigenvalue weighted by Crippen LogP contribution is -2.57. The Labute approximate surface area is 299 Å². The van der Waals surface area contributed by atoms with Crippen molar-refractivity contribution in [3.63, 3.8) is 0 Å². The number of anilines is 1. The van der Waals surface area contributed by atoms with Crippen molar-refractivity contribution in [2.45, 2.75) is 68.7 Å². The van der Waals surface area contributed by atoms with Crippen LogP contribution in [0.15, 0.2) is 84.9 Å². The Bertz CT molecular complexity index is 1920. The highest BCUT2D eigenvalue weighted by atomic mass is 32.1. The molecule has 1 saturated heterocycles. The van der Waals surface area contributed by atoms with E-state index in [1.807, 2.05) is 36.4 Å². The zero-order valence-corrected chi connectivity index (χ0v) is 29.0. The summed E-state index contributed by atoms with van der Waals surface area (Å²) in [5.41, 5.74) is 2.61. The molecule has 4 aromatic rings. The van der Waals surface area contributed by atoms with E-state index in [1.54, 1.807) is 42.3 Å². The average molecular weight is 714 g/mol. The molecule has 0 bridgehead atoms. The molecule has 3 aromatic carbocycles. The molecule has 51 heavy (non-hydrogen) atoms. The van der Waals surface area contributed by atoms with Crippen molar-refractivity contribution in [1.29, 1.82) is 0 Å². The number of nitrogens with one attached hydrogen (secondary N) is 3. The molecule has 3 amide bonds. The van der Waals surface area contributed by atoms with Gasteiger partial charge in [0.25, 0.3) is 11.1 Å². The molecule has 0 radical (unpaired) electrons. The number of para-hydroxylation sites is 1. The number of fused-ring (bicyclic) bond motifs is 3. The molecule has 2 aliphatic heterocycles. The van der Waals surface area contributed by atoms with Crippen molar-refractivity contribution in [2.75, 3.05) is 19.0 Å². The molecule has 11 nitrogen and oxygen atoms in total. The Morgan fingerprint density at radius 2 is 1.88 bits per heavy atom. The van der Waals surface area contributed by atoms with Gasteiger partial charge in [0.15, 0.2) is 5.75 Å². The van der Waals surface area contributed by atoms with Crippen LogP contribution < -0.4 is 30.4 Å². The first-order valence-electron chi connectivity index (χ1n) is 17.3. The Hall–Kier alpha value is -5.17. The number of amides is 3. The van der Waals surface area contributed by atoms with Gasteiger partial charge in [0.1, 0.15) is 35.3 Å². The number of rotatable bonds is 8. The predicted octanol–water partition coefficient (Wildman–Crippen LogP) is 5.78. The molecule has 5 atom stereocenters. The van der Waals surface area contributed by atoms with Crippen LogP contribution in [0.5, 0.6) is 16.7 Å². The van der Waals surface area contributed by atoms with Crippen LogP contribution in [-0.2, 0) is 14.4 Å². The van der Waals surface area contributed by atoms with E-state index in [0.717, 1.165) is 31.4 Å². The van der Waals surface area contributed by atoms with Gasteiger partial charge in [-0.25, -0.2) is 9.37 Å². The maximum absolute atomic E-state index is 14.5. The predicted molar refractivity (Wildman–Crippen MR) is 191 cm³/mol. The molecule has 2 fully saturated rings. The number of hydrogen-bond acceptors (Lipinski definition) is 9. The van der Waals surface area contributed by atoms with Gasteiger partial charge >= 0.3 is 0 Å². The minimum atomic E-state index is -1.24. The van der Waals surface area contributed by atoms with E-state index >= 15 is 0 Å². The highest BCUT2D eigenvalue weighted by molar-refractivity contribution is 7.20. The van der Waals surface area contributed by atoms with Crippen LogP contribution in [0, 0.1) is 11.7 Å². The van der Waals surface area contributed by atoms with Crippen LogP contribution >= 0.6 is 11.3 Å². The minimum absolute atomic E-state index is 0.122. The fourth-order valence-corrected chi connectivity index (χ4v) is 7.74. The monoisotopic (exact) mass is 713 g/mol. The van der Waals surface area contributed by atoms with Crippen LogP contribution in [0.3, 0.4) is 0 Å². The van der Waals surface area contributed by atoms with Crippen LogP contribution in [0.1, 0.15) is 44.9 Å². The van der Waals surface area contributed by atoms with Gasteiger partial charge < -0.3 is 29.8 Å². The van der Waals surface area contributed by atoms with E-state index in [0.29, 0.717) is 39.8 Å². The number of methoxy groups -OCH3 is 1. The smallest absolute Gasteiger partial charge is 0.278 e. The number of aromatic nitrogens is 1. The molecule has 266 valence electrons. The lowest BCUT2D eigenvalue weighted by Gasteiger charge is -2.30. The second-order valence-electron chi connectivity index (χ2n) is 13.2. The lowest BCUT2D eigenvalue weighted by atomic mass is 10.0. The average Bonchev–Trinajstić information content (AvgIpc) is 3.44. The van der Waals surface area contributed by atoms with Crippen molar-refractivity contribution < 1.29 is 33.1 Å². The summed E-state index contributed by atoms with van der Waals surface area (Å²) < 4.78 is 26.2. The zero-order chi connectivity index (χ0) is 35.4. The normalized spacial score (nSPS) is 25.7. The lowest BCUT2D eigenvalue weighted by molar-refractivity contribution is -0.141. The van der Waals surface area contributed by atoms with Gasteiger partial charge in [0, 0.05) is 24.1 Å². The zero-order valence-electron chi connectivity index (χ0n) is 28.2. The van der Waals surface area contributed by atoms with E-state index in [4.69, 9.17) is 14.3 Å². The van der Waals surface area contributed by atoms with E-state index in [1.165, 1.54) is 23.5 Å². The summed E-state index contributed by atoms with van der Waals surface area (Å²) in [6.45, 7) is 0.122. The highest BCUT2D eigenvalue weighted by Crippen LogP contribution is 2.45. The number of allylic oxidation sites excluding steroid dienone is 1. The highest BCUT2D eigenvalue weighted by Gasteiger charge is 2.61. The number of benzene rings is 3. The number of nitrogens with zero attached hydrogens (tertiary/aromatic N) is 2. The maximum Gasteiger partial charge on any atom is 0.278 e. The molecule has 0 unspecified atom stereocenters. The number of hydroxylamine groups is 1. The first-order valence-corrected chi connectivity index (χ1v) is 18.1.